The molecule has 2 fully saturated rings. The molecule has 0 unspecified atom stereocenters. The first-order valence-electron chi connectivity index (χ1n) is 14.8. The van der Waals surface area contributed by atoms with Gasteiger partial charge in [-0.05, 0) is 94.7 Å². The van der Waals surface area contributed by atoms with Crippen LogP contribution in [0.3, 0.4) is 0 Å². The molecule has 2 aliphatic heterocycles. The maximum absolute atomic E-state index is 12.9. The summed E-state index contributed by atoms with van der Waals surface area (Å²) in [6, 6.07) is 7.39. The molecule has 5 heteroatoms. The molecule has 3 heterocycles. The van der Waals surface area contributed by atoms with Crippen molar-refractivity contribution < 1.29 is 9.53 Å². The Hall–Kier alpha value is -2.63. The lowest BCUT2D eigenvalue weighted by Gasteiger charge is -2.37. The fourth-order valence-corrected chi connectivity index (χ4v) is 5.83. The van der Waals surface area contributed by atoms with E-state index in [0.717, 1.165) is 45.6 Å². The van der Waals surface area contributed by atoms with E-state index in [0.29, 0.717) is 24.4 Å². The van der Waals surface area contributed by atoms with Crippen molar-refractivity contribution >= 4 is 22.4 Å². The number of carbonyl (C=O) groups excluding carboxylic acids is 1. The lowest BCUT2D eigenvalue weighted by atomic mass is 9.87. The number of hydrogen-bond donors (Lipinski definition) is 1. The van der Waals surface area contributed by atoms with Crippen LogP contribution in [0.1, 0.15) is 96.4 Å². The third kappa shape index (κ3) is 6.75. The van der Waals surface area contributed by atoms with Crippen molar-refractivity contribution in [2.75, 3.05) is 39.9 Å². The van der Waals surface area contributed by atoms with Gasteiger partial charge in [0.25, 0.3) is 0 Å². The van der Waals surface area contributed by atoms with E-state index < -0.39 is 0 Å². The van der Waals surface area contributed by atoms with Gasteiger partial charge >= 0.3 is 0 Å². The summed E-state index contributed by atoms with van der Waals surface area (Å²) in [6.45, 7) is 19.3. The maximum atomic E-state index is 12.9. The van der Waals surface area contributed by atoms with Gasteiger partial charge in [-0.3, -0.25) is 9.69 Å². The molecule has 0 radical (unpaired) electrons. The van der Waals surface area contributed by atoms with Crippen molar-refractivity contribution in [3.8, 4) is 0 Å². The number of hydrogen-bond acceptors (Lipinski definition) is 3. The van der Waals surface area contributed by atoms with E-state index in [1.165, 1.54) is 50.0 Å². The summed E-state index contributed by atoms with van der Waals surface area (Å²) in [7, 11) is 2.03. The topological polar surface area (TPSA) is 48.6 Å². The zero-order valence-corrected chi connectivity index (χ0v) is 25.5. The molecule has 1 amide bonds. The fraction of sp³-hybridized carbons (Fsp3) is 0.559. The monoisotopic (exact) mass is 531 g/mol. The van der Waals surface area contributed by atoms with Gasteiger partial charge in [-0.25, -0.2) is 0 Å². The van der Waals surface area contributed by atoms with Gasteiger partial charge in [0, 0.05) is 29.7 Å². The molecule has 0 atom stereocenters. The number of aromatic nitrogens is 1. The highest BCUT2D eigenvalue weighted by atomic mass is 16.5. The first kappa shape index (κ1) is 29.4. The van der Waals surface area contributed by atoms with Gasteiger partial charge in [-0.2, -0.15) is 0 Å². The largest absolute Gasteiger partial charge is 0.378 e. The Bertz CT molecular complexity index is 1260. The average Bonchev–Trinajstić information content (AvgIpc) is 3.25. The summed E-state index contributed by atoms with van der Waals surface area (Å²) in [4.78, 5) is 20.9. The van der Waals surface area contributed by atoms with E-state index in [1.807, 2.05) is 7.05 Å². The molecule has 0 spiro atoms. The molecule has 0 bridgehead atoms. The minimum Gasteiger partial charge on any atom is -0.378 e. The minimum atomic E-state index is 0.247. The molecule has 2 aliphatic rings. The highest BCUT2D eigenvalue weighted by Gasteiger charge is 2.29. The Labute approximate surface area is 236 Å². The molecule has 0 aliphatic carbocycles. The molecular weight excluding hydrogens is 482 g/mol. The number of H-pyrrole nitrogens is 1. The highest BCUT2D eigenvalue weighted by molar-refractivity contribution is 5.92. The predicted octanol–water partition coefficient (Wildman–Crippen LogP) is 7.42. The van der Waals surface area contributed by atoms with Crippen LogP contribution < -0.4 is 0 Å². The predicted molar refractivity (Wildman–Crippen MR) is 164 cm³/mol. The normalized spacial score (nSPS) is 18.1. The number of likely N-dealkylation sites (N-methyl/N-ethyl adjacent to an activating group) is 1. The van der Waals surface area contributed by atoms with Crippen molar-refractivity contribution in [1.82, 2.24) is 14.8 Å². The Morgan fingerprint density at radius 1 is 1.13 bits per heavy atom. The highest BCUT2D eigenvalue weighted by Crippen LogP contribution is 2.38. The second-order valence-electron chi connectivity index (χ2n) is 12.3. The number of carbonyl (C=O) groups is 1. The third-order valence-electron chi connectivity index (χ3n) is 8.70. The number of allylic oxidation sites excluding steroid dienone is 6. The van der Waals surface area contributed by atoms with Gasteiger partial charge in [0.15, 0.2) is 0 Å². The Balaban J connectivity index is 1.58. The first-order valence-corrected chi connectivity index (χ1v) is 14.8. The Kier molecular flexibility index (Phi) is 9.56. The van der Waals surface area contributed by atoms with E-state index in [9.17, 15) is 4.79 Å². The molecule has 5 nitrogen and oxygen atoms in total. The summed E-state index contributed by atoms with van der Waals surface area (Å²) in [6.07, 6.45) is 7.77. The molecule has 1 aromatic carbocycles. The van der Waals surface area contributed by atoms with Gasteiger partial charge in [0.1, 0.15) is 0 Å². The molecule has 1 aromatic heterocycles. The van der Waals surface area contributed by atoms with Crippen molar-refractivity contribution in [1.29, 1.82) is 0 Å². The van der Waals surface area contributed by atoms with Crippen molar-refractivity contribution in [2.24, 2.45) is 0 Å². The van der Waals surface area contributed by atoms with E-state index >= 15 is 0 Å². The summed E-state index contributed by atoms with van der Waals surface area (Å²) < 4.78 is 5.29. The number of rotatable bonds is 9. The second kappa shape index (κ2) is 12.7. The molecule has 1 N–H and O–H groups in total. The number of piperidine rings is 1. The van der Waals surface area contributed by atoms with Gasteiger partial charge in [0.2, 0.25) is 5.91 Å². The van der Waals surface area contributed by atoms with Crippen molar-refractivity contribution in [3.05, 3.63) is 63.9 Å². The van der Waals surface area contributed by atoms with E-state index in [1.54, 1.807) is 0 Å². The van der Waals surface area contributed by atoms with Crippen LogP contribution in [0.4, 0.5) is 0 Å². The number of nitrogens with one attached hydrogen (secondary N) is 1. The maximum Gasteiger partial charge on any atom is 0.236 e. The summed E-state index contributed by atoms with van der Waals surface area (Å²) >= 11 is 0. The smallest absolute Gasteiger partial charge is 0.236 e. The van der Waals surface area contributed by atoms with Crippen LogP contribution >= 0.6 is 0 Å². The number of aromatic amines is 1. The average molecular weight is 532 g/mol. The number of ether oxygens (including phenoxy) is 1. The van der Waals surface area contributed by atoms with Crippen molar-refractivity contribution in [2.45, 2.75) is 85.6 Å². The molecule has 4 rings (SSSR count). The fourth-order valence-electron chi connectivity index (χ4n) is 5.83. The number of benzene rings is 1. The quantitative estimate of drug-likeness (QED) is 0.343. The van der Waals surface area contributed by atoms with Gasteiger partial charge in [-0.15, -0.1) is 0 Å². The summed E-state index contributed by atoms with van der Waals surface area (Å²) in [5, 5.41) is 1.34. The summed E-state index contributed by atoms with van der Waals surface area (Å²) in [5.41, 5.74) is 10.6. The zero-order valence-electron chi connectivity index (χ0n) is 25.5. The molecule has 212 valence electrons. The van der Waals surface area contributed by atoms with E-state index in [4.69, 9.17) is 4.74 Å². The third-order valence-corrected chi connectivity index (χ3v) is 8.70. The molecular formula is C34H49N3O2. The number of nitrogens with zero attached hydrogens (tertiary/aromatic N) is 2. The number of likely N-dealkylation sites (tertiary alicyclic amines) is 1. The van der Waals surface area contributed by atoms with Crippen LogP contribution in [-0.2, 0) is 9.53 Å². The second-order valence-corrected chi connectivity index (χ2v) is 12.3. The molecule has 2 aromatic rings. The van der Waals surface area contributed by atoms with Gasteiger partial charge < -0.3 is 14.6 Å². The number of fused-ring (bicyclic) bond motifs is 1. The van der Waals surface area contributed by atoms with Crippen LogP contribution in [0.2, 0.25) is 0 Å². The van der Waals surface area contributed by atoms with Gasteiger partial charge in [0.05, 0.1) is 25.8 Å². The van der Waals surface area contributed by atoms with E-state index in [-0.39, 0.29) is 5.91 Å². The molecule has 0 saturated carbocycles. The molecule has 2 saturated heterocycles. The van der Waals surface area contributed by atoms with Crippen molar-refractivity contribution in [3.63, 3.8) is 0 Å². The molecule has 39 heavy (non-hydrogen) atoms. The zero-order chi connectivity index (χ0) is 28.3. The summed E-state index contributed by atoms with van der Waals surface area (Å²) in [5.74, 6) is 1.13. The van der Waals surface area contributed by atoms with Gasteiger partial charge in [-0.1, -0.05) is 55.7 Å². The lowest BCUT2D eigenvalue weighted by molar-refractivity contribution is -0.136. The van der Waals surface area contributed by atoms with Crippen LogP contribution in [0.5, 0.6) is 0 Å². The Morgan fingerprint density at radius 2 is 1.82 bits per heavy atom. The first-order chi connectivity index (χ1) is 18.6. The number of amides is 1. The van der Waals surface area contributed by atoms with Crippen LogP contribution in [0, 0.1) is 0 Å². The minimum absolute atomic E-state index is 0.247. The van der Waals surface area contributed by atoms with E-state index in [2.05, 4.69) is 93.6 Å². The van der Waals surface area contributed by atoms with Crippen LogP contribution in [-0.4, -0.2) is 66.6 Å². The van der Waals surface area contributed by atoms with Crippen LogP contribution in [0.25, 0.3) is 16.5 Å². The Morgan fingerprint density at radius 3 is 2.38 bits per heavy atom. The SMILES string of the molecule is CCC(C)=C(C)/C=C(\C=C(C)C)c1[nH]c2ccc(C3CCN(C(=O)CN(C)C4COC4)CC3)cc2c1C(C)C. The lowest BCUT2D eigenvalue weighted by Crippen LogP contribution is -2.51. The standard InChI is InChI=1S/C34H49N3O2/c1-9-24(6)25(7)17-28(16-22(2)3)34-33(23(4)5)30-18-27(10-11-31(30)35-34)26-12-14-37(15-13-26)32(38)19-36(8)29-20-39-21-29/h10-11,16-18,23,26,29,35H,9,12-15,19-21H2,1-8H3/b25-24?,28-17+. The van der Waals surface area contributed by atoms with Crippen LogP contribution in [0.15, 0.2) is 47.1 Å².